The SMILES string of the molecule is CCNC(=NCCCOCC1CCOC1)NC1CCCN(Cc2ccccc2)C1.I. The molecule has 30 heavy (non-hydrogen) atoms. The van der Waals surface area contributed by atoms with Crippen molar-refractivity contribution in [1.82, 2.24) is 15.5 Å². The second-order valence-electron chi connectivity index (χ2n) is 8.12. The molecule has 7 heteroatoms. The molecule has 0 saturated carbocycles. The van der Waals surface area contributed by atoms with Gasteiger partial charge in [-0.2, -0.15) is 0 Å². The van der Waals surface area contributed by atoms with Crippen LogP contribution >= 0.6 is 24.0 Å². The minimum absolute atomic E-state index is 0. The van der Waals surface area contributed by atoms with E-state index in [2.05, 4.69) is 52.8 Å². The molecule has 2 unspecified atom stereocenters. The normalized spacial score (nSPS) is 22.5. The molecule has 2 aliphatic heterocycles. The van der Waals surface area contributed by atoms with E-state index in [1.807, 2.05) is 0 Å². The Kier molecular flexibility index (Phi) is 12.7. The van der Waals surface area contributed by atoms with E-state index in [0.717, 1.165) is 71.4 Å². The molecule has 3 rings (SSSR count). The Morgan fingerprint density at radius 2 is 2.13 bits per heavy atom. The van der Waals surface area contributed by atoms with Crippen LogP contribution in [0.2, 0.25) is 0 Å². The van der Waals surface area contributed by atoms with Crippen molar-refractivity contribution in [2.45, 2.75) is 45.2 Å². The highest BCUT2D eigenvalue weighted by Gasteiger charge is 2.20. The number of nitrogens with one attached hydrogen (secondary N) is 2. The molecule has 170 valence electrons. The molecule has 1 aromatic rings. The zero-order chi connectivity index (χ0) is 20.2. The van der Waals surface area contributed by atoms with E-state index in [4.69, 9.17) is 14.5 Å². The van der Waals surface area contributed by atoms with E-state index < -0.39 is 0 Å². The molecule has 0 spiro atoms. The van der Waals surface area contributed by atoms with Crippen molar-refractivity contribution in [3.8, 4) is 0 Å². The smallest absolute Gasteiger partial charge is 0.191 e. The van der Waals surface area contributed by atoms with Gasteiger partial charge in [-0.25, -0.2) is 0 Å². The van der Waals surface area contributed by atoms with Crippen LogP contribution < -0.4 is 10.6 Å². The molecule has 2 fully saturated rings. The molecule has 2 atom stereocenters. The largest absolute Gasteiger partial charge is 0.381 e. The number of halogens is 1. The predicted molar refractivity (Wildman–Crippen MR) is 134 cm³/mol. The van der Waals surface area contributed by atoms with Crippen molar-refractivity contribution in [3.05, 3.63) is 35.9 Å². The summed E-state index contributed by atoms with van der Waals surface area (Å²) in [6, 6.07) is 11.2. The van der Waals surface area contributed by atoms with Gasteiger partial charge in [-0.15, -0.1) is 24.0 Å². The van der Waals surface area contributed by atoms with Gasteiger partial charge in [0, 0.05) is 51.4 Å². The number of ether oxygens (including phenoxy) is 2. The maximum absolute atomic E-state index is 5.78. The third kappa shape index (κ3) is 9.49. The third-order valence-corrected chi connectivity index (χ3v) is 5.53. The maximum atomic E-state index is 5.78. The number of likely N-dealkylation sites (tertiary alicyclic amines) is 1. The lowest BCUT2D eigenvalue weighted by Crippen LogP contribution is -2.51. The average Bonchev–Trinajstić information content (AvgIpc) is 3.25. The standard InChI is InChI=1S/C23H38N4O2.HI/c1-2-24-23(25-12-7-14-28-18-21-11-15-29-19-21)26-22-10-6-13-27(17-22)16-20-8-4-3-5-9-20;/h3-5,8-9,21-22H,2,6-7,10-19H2,1H3,(H2,24,25,26);1H. The van der Waals surface area contributed by atoms with E-state index in [1.54, 1.807) is 0 Å². The number of nitrogens with zero attached hydrogens (tertiary/aromatic N) is 2. The van der Waals surface area contributed by atoms with Crippen LogP contribution in [0.4, 0.5) is 0 Å². The van der Waals surface area contributed by atoms with Crippen LogP contribution in [0, 0.1) is 5.92 Å². The molecular weight excluding hydrogens is 491 g/mol. The van der Waals surface area contributed by atoms with Gasteiger partial charge in [0.2, 0.25) is 0 Å². The summed E-state index contributed by atoms with van der Waals surface area (Å²) in [5.41, 5.74) is 1.39. The molecule has 0 radical (unpaired) electrons. The van der Waals surface area contributed by atoms with E-state index in [1.165, 1.54) is 24.9 Å². The Morgan fingerprint density at radius 3 is 2.90 bits per heavy atom. The van der Waals surface area contributed by atoms with Gasteiger partial charge in [0.25, 0.3) is 0 Å². The predicted octanol–water partition coefficient (Wildman–Crippen LogP) is 3.27. The fourth-order valence-corrected chi connectivity index (χ4v) is 3.99. The summed E-state index contributed by atoms with van der Waals surface area (Å²) in [6.07, 6.45) is 4.51. The number of rotatable bonds is 10. The first kappa shape index (κ1) is 25.4. The van der Waals surface area contributed by atoms with Gasteiger partial charge in [-0.3, -0.25) is 9.89 Å². The van der Waals surface area contributed by atoms with Crippen molar-refractivity contribution < 1.29 is 9.47 Å². The quantitative estimate of drug-likeness (QED) is 0.211. The van der Waals surface area contributed by atoms with Crippen LogP contribution in [0.25, 0.3) is 0 Å². The first-order valence-electron chi connectivity index (χ1n) is 11.3. The molecule has 0 aliphatic carbocycles. The van der Waals surface area contributed by atoms with Crippen LogP contribution in [-0.2, 0) is 16.0 Å². The number of hydrogen-bond donors (Lipinski definition) is 2. The number of benzene rings is 1. The van der Waals surface area contributed by atoms with Gasteiger partial charge in [0.15, 0.2) is 5.96 Å². The van der Waals surface area contributed by atoms with Gasteiger partial charge in [-0.1, -0.05) is 30.3 Å². The first-order chi connectivity index (χ1) is 14.3. The highest BCUT2D eigenvalue weighted by atomic mass is 127. The average molecular weight is 530 g/mol. The second-order valence-corrected chi connectivity index (χ2v) is 8.12. The molecule has 2 aliphatic rings. The van der Waals surface area contributed by atoms with Gasteiger partial charge in [0.05, 0.1) is 13.2 Å². The lowest BCUT2D eigenvalue weighted by molar-refractivity contribution is 0.0893. The zero-order valence-corrected chi connectivity index (χ0v) is 20.7. The monoisotopic (exact) mass is 530 g/mol. The van der Waals surface area contributed by atoms with Crippen molar-refractivity contribution in [2.24, 2.45) is 10.9 Å². The fourth-order valence-electron chi connectivity index (χ4n) is 3.99. The highest BCUT2D eigenvalue weighted by molar-refractivity contribution is 14.0. The van der Waals surface area contributed by atoms with Crippen molar-refractivity contribution in [2.75, 3.05) is 52.6 Å². The summed E-state index contributed by atoms with van der Waals surface area (Å²) in [4.78, 5) is 7.30. The molecule has 0 amide bonds. The summed E-state index contributed by atoms with van der Waals surface area (Å²) in [5.74, 6) is 1.52. The van der Waals surface area contributed by atoms with E-state index in [9.17, 15) is 0 Å². The van der Waals surface area contributed by atoms with Gasteiger partial charge >= 0.3 is 0 Å². The Bertz CT molecular complexity index is 596. The van der Waals surface area contributed by atoms with Crippen molar-refractivity contribution in [1.29, 1.82) is 0 Å². The van der Waals surface area contributed by atoms with E-state index >= 15 is 0 Å². The summed E-state index contributed by atoms with van der Waals surface area (Å²) in [6.45, 7) is 10.4. The van der Waals surface area contributed by atoms with Crippen molar-refractivity contribution >= 4 is 29.9 Å². The number of guanidine groups is 1. The Balaban J connectivity index is 0.00000320. The molecule has 0 bridgehead atoms. The number of piperidine rings is 1. The van der Waals surface area contributed by atoms with Gasteiger partial charge < -0.3 is 20.1 Å². The zero-order valence-electron chi connectivity index (χ0n) is 18.4. The molecule has 2 N–H and O–H groups in total. The summed E-state index contributed by atoms with van der Waals surface area (Å²) in [7, 11) is 0. The molecule has 2 heterocycles. The maximum Gasteiger partial charge on any atom is 0.191 e. The topological polar surface area (TPSA) is 58.1 Å². The summed E-state index contributed by atoms with van der Waals surface area (Å²) >= 11 is 0. The number of hydrogen-bond acceptors (Lipinski definition) is 4. The Morgan fingerprint density at radius 1 is 1.27 bits per heavy atom. The summed E-state index contributed by atoms with van der Waals surface area (Å²) < 4.78 is 11.2. The van der Waals surface area contributed by atoms with Crippen LogP contribution in [0.15, 0.2) is 35.3 Å². The molecule has 0 aromatic heterocycles. The fraction of sp³-hybridized carbons (Fsp3) is 0.696. The molecule has 2 saturated heterocycles. The van der Waals surface area contributed by atoms with Crippen LogP contribution in [0.1, 0.15) is 38.2 Å². The Hall–Kier alpha value is -0.900. The van der Waals surface area contributed by atoms with Crippen LogP contribution in [0.3, 0.4) is 0 Å². The molecule has 6 nitrogen and oxygen atoms in total. The molecule has 1 aromatic carbocycles. The van der Waals surface area contributed by atoms with Gasteiger partial charge in [0.1, 0.15) is 0 Å². The van der Waals surface area contributed by atoms with E-state index in [0.29, 0.717) is 12.0 Å². The van der Waals surface area contributed by atoms with Crippen LogP contribution in [-0.4, -0.2) is 69.5 Å². The lowest BCUT2D eigenvalue weighted by atomic mass is 10.0. The second kappa shape index (κ2) is 15.0. The minimum Gasteiger partial charge on any atom is -0.381 e. The first-order valence-corrected chi connectivity index (χ1v) is 11.3. The number of aliphatic imine (C=N–C) groups is 1. The lowest BCUT2D eigenvalue weighted by Gasteiger charge is -2.34. The van der Waals surface area contributed by atoms with Gasteiger partial charge in [-0.05, 0) is 44.7 Å². The van der Waals surface area contributed by atoms with Crippen molar-refractivity contribution in [3.63, 3.8) is 0 Å². The Labute approximate surface area is 199 Å². The van der Waals surface area contributed by atoms with E-state index in [-0.39, 0.29) is 24.0 Å². The minimum atomic E-state index is 0. The van der Waals surface area contributed by atoms with Crippen LogP contribution in [0.5, 0.6) is 0 Å². The highest BCUT2D eigenvalue weighted by Crippen LogP contribution is 2.14. The molecular formula is C23H39IN4O2. The summed E-state index contributed by atoms with van der Waals surface area (Å²) in [5, 5.41) is 7.04. The third-order valence-electron chi connectivity index (χ3n) is 5.53.